The van der Waals surface area contributed by atoms with Gasteiger partial charge in [0, 0.05) is 19.7 Å². The largest absolute Gasteiger partial charge is 0.470 e. The Morgan fingerprint density at radius 3 is 2.50 bits per heavy atom. The number of nitrogens with one attached hydrogen (secondary N) is 2. The first-order valence-electron chi connectivity index (χ1n) is 6.60. The number of hydrazone groups is 2. The second-order valence-corrected chi connectivity index (χ2v) is 5.02. The van der Waals surface area contributed by atoms with E-state index in [4.69, 9.17) is 29.2 Å². The highest BCUT2D eigenvalue weighted by Crippen LogP contribution is 1.99. The molecule has 1 aromatic carbocycles. The van der Waals surface area contributed by atoms with Crippen LogP contribution in [0.5, 0.6) is 0 Å². The van der Waals surface area contributed by atoms with Crippen LogP contribution in [-0.2, 0) is 4.74 Å². The monoisotopic (exact) mass is 337 g/mol. The minimum atomic E-state index is 0.211. The van der Waals surface area contributed by atoms with Crippen molar-refractivity contribution in [3.8, 4) is 0 Å². The van der Waals surface area contributed by atoms with Gasteiger partial charge in [-0.15, -0.1) is 0 Å². The van der Waals surface area contributed by atoms with E-state index in [1.165, 1.54) is 0 Å². The highest BCUT2D eigenvalue weighted by Gasteiger charge is 2.02. The average Bonchev–Trinajstić information content (AvgIpc) is 2.51. The van der Waals surface area contributed by atoms with E-state index in [9.17, 15) is 0 Å². The van der Waals surface area contributed by atoms with Crippen LogP contribution in [0.25, 0.3) is 0 Å². The minimum Gasteiger partial charge on any atom is -0.470 e. The highest BCUT2D eigenvalue weighted by molar-refractivity contribution is 7.80. The molecule has 118 valence electrons. The fourth-order valence-corrected chi connectivity index (χ4v) is 1.51. The lowest BCUT2D eigenvalue weighted by molar-refractivity contribution is 0.321. The molecule has 22 heavy (non-hydrogen) atoms. The minimum absolute atomic E-state index is 0.211. The molecule has 2 N–H and O–H groups in total. The van der Waals surface area contributed by atoms with Crippen LogP contribution in [0.2, 0.25) is 0 Å². The normalized spacial score (nSPS) is 11.1. The Hall–Kier alpha value is -2.06. The highest BCUT2D eigenvalue weighted by atomic mass is 32.1. The van der Waals surface area contributed by atoms with Crippen molar-refractivity contribution in [2.45, 2.75) is 6.92 Å². The van der Waals surface area contributed by atoms with Crippen LogP contribution in [-0.4, -0.2) is 47.8 Å². The molecule has 0 aliphatic carbocycles. The number of hydrogen-bond acceptors (Lipinski definition) is 5. The third-order valence-corrected chi connectivity index (χ3v) is 3.03. The van der Waals surface area contributed by atoms with Crippen molar-refractivity contribution in [2.75, 3.05) is 20.7 Å². The van der Waals surface area contributed by atoms with Crippen LogP contribution in [0.3, 0.4) is 0 Å². The number of benzene rings is 1. The van der Waals surface area contributed by atoms with Gasteiger partial charge in [0.05, 0.1) is 12.8 Å². The third-order valence-electron chi connectivity index (χ3n) is 2.37. The van der Waals surface area contributed by atoms with Gasteiger partial charge in [-0.25, -0.2) is 5.43 Å². The fourth-order valence-electron chi connectivity index (χ4n) is 1.29. The number of rotatable bonds is 5. The molecule has 0 heterocycles. The summed E-state index contributed by atoms with van der Waals surface area (Å²) < 4.78 is 5.08. The maximum atomic E-state index is 5.14. The zero-order valence-corrected chi connectivity index (χ0v) is 14.4. The van der Waals surface area contributed by atoms with Crippen LogP contribution < -0.4 is 10.9 Å². The van der Waals surface area contributed by atoms with Crippen molar-refractivity contribution in [3.05, 3.63) is 35.9 Å². The van der Waals surface area contributed by atoms with E-state index in [-0.39, 0.29) is 5.17 Å². The molecule has 1 aromatic rings. The number of nitrogens with zero attached hydrogens (tertiary/aromatic N) is 3. The third kappa shape index (κ3) is 6.59. The molecule has 0 aliphatic heterocycles. The molecule has 8 heteroatoms. The van der Waals surface area contributed by atoms with E-state index in [0.29, 0.717) is 17.4 Å². The van der Waals surface area contributed by atoms with Gasteiger partial charge in [-0.2, -0.15) is 10.2 Å². The van der Waals surface area contributed by atoms with Crippen molar-refractivity contribution in [1.82, 2.24) is 15.8 Å². The topological polar surface area (TPSA) is 61.2 Å². The Balaban J connectivity index is 2.83. The molecule has 0 spiro atoms. The van der Waals surface area contributed by atoms with E-state index in [1.807, 2.05) is 51.4 Å². The summed E-state index contributed by atoms with van der Waals surface area (Å²) in [5.74, 6) is 0. The molecule has 0 atom stereocenters. The summed E-state index contributed by atoms with van der Waals surface area (Å²) in [4.78, 5) is 1.75. The smallest absolute Gasteiger partial charge is 0.277 e. The number of ether oxygens (including phenoxy) is 1. The summed E-state index contributed by atoms with van der Waals surface area (Å²) in [6, 6.07) is 9.61. The van der Waals surface area contributed by atoms with Crippen LogP contribution in [0, 0.1) is 0 Å². The second kappa shape index (κ2) is 9.80. The fraction of sp³-hybridized carbons (Fsp3) is 0.286. The first-order chi connectivity index (χ1) is 10.5. The zero-order chi connectivity index (χ0) is 16.4. The van der Waals surface area contributed by atoms with Crippen molar-refractivity contribution in [3.63, 3.8) is 0 Å². The molecule has 0 saturated heterocycles. The SMILES string of the molecule is CCOC(=S)NN=CC(=NNC(=S)N(C)C)c1ccccc1. The van der Waals surface area contributed by atoms with Gasteiger partial charge in [-0.05, 0) is 31.4 Å². The van der Waals surface area contributed by atoms with Crippen LogP contribution in [0.15, 0.2) is 40.5 Å². The summed E-state index contributed by atoms with van der Waals surface area (Å²) in [5, 5.41) is 9.00. The number of hydrogen-bond donors (Lipinski definition) is 2. The molecule has 0 unspecified atom stereocenters. The quantitative estimate of drug-likeness (QED) is 0.485. The van der Waals surface area contributed by atoms with Crippen molar-refractivity contribution < 1.29 is 4.74 Å². The second-order valence-electron chi connectivity index (χ2n) is 4.26. The van der Waals surface area contributed by atoms with Gasteiger partial charge < -0.3 is 9.64 Å². The van der Waals surface area contributed by atoms with Crippen molar-refractivity contribution in [2.24, 2.45) is 10.2 Å². The van der Waals surface area contributed by atoms with Gasteiger partial charge in [-0.1, -0.05) is 30.3 Å². The maximum Gasteiger partial charge on any atom is 0.277 e. The molecule has 0 aromatic heterocycles. The van der Waals surface area contributed by atoms with Gasteiger partial charge >= 0.3 is 0 Å². The Labute approximate surface area is 141 Å². The van der Waals surface area contributed by atoms with Gasteiger partial charge in [0.1, 0.15) is 5.71 Å². The molecule has 0 bridgehead atoms. The van der Waals surface area contributed by atoms with Crippen LogP contribution in [0.1, 0.15) is 12.5 Å². The summed E-state index contributed by atoms with van der Waals surface area (Å²) >= 11 is 10.1. The van der Waals surface area contributed by atoms with Gasteiger partial charge in [-0.3, -0.25) is 5.43 Å². The molecule has 0 radical (unpaired) electrons. The lowest BCUT2D eigenvalue weighted by Gasteiger charge is -2.12. The molecule has 0 fully saturated rings. The van der Waals surface area contributed by atoms with Crippen LogP contribution >= 0.6 is 24.4 Å². The van der Waals surface area contributed by atoms with E-state index in [0.717, 1.165) is 5.56 Å². The molecule has 0 amide bonds. The molecular formula is C14H19N5OS2. The first kappa shape index (κ1) is 18.0. The molecular weight excluding hydrogens is 318 g/mol. The average molecular weight is 337 g/mol. The zero-order valence-electron chi connectivity index (χ0n) is 12.7. The predicted molar refractivity (Wildman–Crippen MR) is 98.3 cm³/mol. The Morgan fingerprint density at radius 2 is 1.91 bits per heavy atom. The standard InChI is InChI=1S/C14H19N5OS2/c1-4-20-14(22)18-15-10-12(11-8-6-5-7-9-11)16-17-13(21)19(2)3/h5-10H,4H2,1-3H3,(H,17,21)(H,18,22). The molecule has 6 nitrogen and oxygen atoms in total. The van der Waals surface area contributed by atoms with E-state index in [1.54, 1.807) is 11.1 Å². The molecule has 0 saturated carbocycles. The van der Waals surface area contributed by atoms with E-state index >= 15 is 0 Å². The lowest BCUT2D eigenvalue weighted by atomic mass is 10.1. The Morgan fingerprint density at radius 1 is 1.23 bits per heavy atom. The van der Waals surface area contributed by atoms with E-state index in [2.05, 4.69) is 21.1 Å². The van der Waals surface area contributed by atoms with Crippen molar-refractivity contribution >= 4 is 46.6 Å². The summed E-state index contributed by atoms with van der Waals surface area (Å²) in [7, 11) is 3.67. The van der Waals surface area contributed by atoms with E-state index < -0.39 is 0 Å². The lowest BCUT2D eigenvalue weighted by Crippen LogP contribution is -2.32. The molecule has 0 aliphatic rings. The Bertz CT molecular complexity index is 558. The van der Waals surface area contributed by atoms with Crippen LogP contribution in [0.4, 0.5) is 0 Å². The Kier molecular flexibility index (Phi) is 8.01. The summed E-state index contributed by atoms with van der Waals surface area (Å²) in [6.45, 7) is 2.33. The van der Waals surface area contributed by atoms with Gasteiger partial charge in [0.15, 0.2) is 5.11 Å². The molecule has 1 rings (SSSR count). The summed E-state index contributed by atoms with van der Waals surface area (Å²) in [6.07, 6.45) is 1.55. The van der Waals surface area contributed by atoms with Crippen molar-refractivity contribution in [1.29, 1.82) is 0 Å². The predicted octanol–water partition coefficient (Wildman–Crippen LogP) is 1.72. The van der Waals surface area contributed by atoms with Gasteiger partial charge in [0.25, 0.3) is 5.17 Å². The number of thiocarbonyl (C=S) groups is 2. The van der Waals surface area contributed by atoms with Gasteiger partial charge in [0.2, 0.25) is 0 Å². The maximum absolute atomic E-state index is 5.14. The summed E-state index contributed by atoms with van der Waals surface area (Å²) in [5.41, 5.74) is 6.93. The first-order valence-corrected chi connectivity index (χ1v) is 7.42.